The van der Waals surface area contributed by atoms with E-state index in [1.807, 2.05) is 0 Å². The van der Waals surface area contributed by atoms with Crippen LogP contribution >= 0.6 is 11.8 Å². The first-order chi connectivity index (χ1) is 6.90. The number of hydrogen-bond acceptors (Lipinski definition) is 3. The Labute approximate surface area is 91.4 Å². The van der Waals surface area contributed by atoms with Crippen LogP contribution in [-0.4, -0.2) is 30.6 Å². The summed E-state index contributed by atoms with van der Waals surface area (Å²) in [7, 11) is 0. The summed E-state index contributed by atoms with van der Waals surface area (Å²) in [6.45, 7) is 2.03. The largest absolute Gasteiger partial charge is 0.330 e. The summed E-state index contributed by atoms with van der Waals surface area (Å²) < 4.78 is 0. The Morgan fingerprint density at radius 2 is 1.93 bits per heavy atom. The first-order valence-electron chi connectivity index (χ1n) is 5.91. The zero-order chi connectivity index (χ0) is 9.80. The fraction of sp³-hybridized carbons (Fsp3) is 1.00. The maximum absolute atomic E-state index is 5.86. The molecule has 0 aromatic rings. The van der Waals surface area contributed by atoms with E-state index in [4.69, 9.17) is 5.73 Å². The van der Waals surface area contributed by atoms with Gasteiger partial charge in [-0.05, 0) is 62.1 Å². The lowest BCUT2D eigenvalue weighted by Gasteiger charge is -2.29. The number of nitrogens with one attached hydrogen (secondary N) is 1. The van der Waals surface area contributed by atoms with Crippen LogP contribution in [0.25, 0.3) is 0 Å². The van der Waals surface area contributed by atoms with Gasteiger partial charge >= 0.3 is 0 Å². The number of hydrogen-bond donors (Lipinski definition) is 2. The molecule has 3 N–H and O–H groups in total. The lowest BCUT2D eigenvalue weighted by Crippen LogP contribution is -2.36. The molecule has 3 heteroatoms. The van der Waals surface area contributed by atoms with Crippen molar-refractivity contribution in [2.24, 2.45) is 17.6 Å². The molecule has 1 saturated heterocycles. The second-order valence-corrected chi connectivity index (χ2v) is 5.85. The molecule has 2 fully saturated rings. The Balaban J connectivity index is 1.71. The normalized spacial score (nSPS) is 26.4. The van der Waals surface area contributed by atoms with Gasteiger partial charge in [0.2, 0.25) is 0 Å². The van der Waals surface area contributed by atoms with E-state index in [0.29, 0.717) is 0 Å². The Hall–Kier alpha value is 0.270. The van der Waals surface area contributed by atoms with Crippen LogP contribution in [0.1, 0.15) is 25.7 Å². The van der Waals surface area contributed by atoms with E-state index in [0.717, 1.165) is 31.0 Å². The zero-order valence-corrected chi connectivity index (χ0v) is 9.69. The van der Waals surface area contributed by atoms with E-state index in [1.165, 1.54) is 37.2 Å². The molecule has 1 atom stereocenters. The quantitative estimate of drug-likeness (QED) is 0.727. The summed E-state index contributed by atoms with van der Waals surface area (Å²) in [6, 6.07) is 0.835. The summed E-state index contributed by atoms with van der Waals surface area (Å²) in [5.74, 6) is 4.33. The first kappa shape index (κ1) is 10.8. The summed E-state index contributed by atoms with van der Waals surface area (Å²) in [5.41, 5.74) is 5.86. The van der Waals surface area contributed by atoms with Crippen LogP contribution in [0.3, 0.4) is 0 Å². The van der Waals surface area contributed by atoms with Gasteiger partial charge in [-0.3, -0.25) is 0 Å². The lowest BCUT2D eigenvalue weighted by molar-refractivity contribution is 0.305. The van der Waals surface area contributed by atoms with Gasteiger partial charge in [0.25, 0.3) is 0 Å². The predicted molar refractivity (Wildman–Crippen MR) is 63.6 cm³/mol. The number of rotatable bonds is 5. The molecule has 2 rings (SSSR count). The van der Waals surface area contributed by atoms with Crippen molar-refractivity contribution in [1.29, 1.82) is 0 Å². The van der Waals surface area contributed by atoms with Crippen molar-refractivity contribution < 1.29 is 0 Å². The van der Waals surface area contributed by atoms with Gasteiger partial charge in [0.15, 0.2) is 0 Å². The van der Waals surface area contributed by atoms with Crippen LogP contribution in [-0.2, 0) is 0 Å². The highest BCUT2D eigenvalue weighted by atomic mass is 32.2. The maximum atomic E-state index is 5.86. The van der Waals surface area contributed by atoms with E-state index in [9.17, 15) is 0 Å². The highest BCUT2D eigenvalue weighted by Crippen LogP contribution is 2.29. The van der Waals surface area contributed by atoms with Crippen molar-refractivity contribution in [1.82, 2.24) is 5.32 Å². The van der Waals surface area contributed by atoms with Crippen LogP contribution in [0.2, 0.25) is 0 Å². The van der Waals surface area contributed by atoms with E-state index in [-0.39, 0.29) is 0 Å². The second-order valence-electron chi connectivity index (χ2n) is 4.63. The Kier molecular flexibility index (Phi) is 4.14. The third-order valence-corrected chi connectivity index (χ3v) is 4.53. The summed E-state index contributed by atoms with van der Waals surface area (Å²) in [6.07, 6.45) is 5.55. The molecular weight excluding hydrogens is 192 g/mol. The molecule has 82 valence electrons. The van der Waals surface area contributed by atoms with E-state index in [2.05, 4.69) is 17.1 Å². The molecule has 0 bridgehead atoms. The molecule has 1 aliphatic carbocycles. The second kappa shape index (κ2) is 5.38. The third kappa shape index (κ3) is 3.14. The Morgan fingerprint density at radius 1 is 1.21 bits per heavy atom. The molecule has 1 heterocycles. The number of nitrogens with two attached hydrogens (primary N) is 1. The minimum Gasteiger partial charge on any atom is -0.330 e. The van der Waals surface area contributed by atoms with Gasteiger partial charge < -0.3 is 11.1 Å². The van der Waals surface area contributed by atoms with Gasteiger partial charge in [-0.2, -0.15) is 11.8 Å². The summed E-state index contributed by atoms with van der Waals surface area (Å²) in [5, 5.41) is 3.62. The average Bonchev–Trinajstić information content (AvgIpc) is 3.04. The molecular formula is C11H22N2S. The highest BCUT2D eigenvalue weighted by Gasteiger charge is 2.26. The number of thioether (sulfide) groups is 1. The average molecular weight is 214 g/mol. The van der Waals surface area contributed by atoms with Crippen LogP contribution in [0.5, 0.6) is 0 Å². The molecule has 2 aliphatic rings. The van der Waals surface area contributed by atoms with Gasteiger partial charge in [-0.15, -0.1) is 0 Å². The fourth-order valence-electron chi connectivity index (χ4n) is 2.24. The van der Waals surface area contributed by atoms with Gasteiger partial charge in [-0.25, -0.2) is 0 Å². The maximum Gasteiger partial charge on any atom is 0.00683 e. The topological polar surface area (TPSA) is 38.0 Å². The molecule has 0 aromatic heterocycles. The lowest BCUT2D eigenvalue weighted by atomic mass is 9.87. The van der Waals surface area contributed by atoms with Crippen LogP contribution in [0.4, 0.5) is 0 Å². The molecule has 2 nitrogen and oxygen atoms in total. The molecule has 0 amide bonds. The molecule has 0 radical (unpaired) electrons. The van der Waals surface area contributed by atoms with Gasteiger partial charge in [0.1, 0.15) is 0 Å². The minimum atomic E-state index is 0.733. The van der Waals surface area contributed by atoms with Crippen molar-refractivity contribution in [2.45, 2.75) is 31.7 Å². The van der Waals surface area contributed by atoms with Crippen molar-refractivity contribution in [3.05, 3.63) is 0 Å². The SMILES string of the molecule is NCC(CNC1CC1)C1CCSCC1. The first-order valence-corrected chi connectivity index (χ1v) is 7.07. The van der Waals surface area contributed by atoms with E-state index < -0.39 is 0 Å². The van der Waals surface area contributed by atoms with Gasteiger partial charge in [-0.1, -0.05) is 0 Å². The van der Waals surface area contributed by atoms with Crippen molar-refractivity contribution >= 4 is 11.8 Å². The Morgan fingerprint density at radius 3 is 2.50 bits per heavy atom. The minimum absolute atomic E-state index is 0.733. The molecule has 0 aromatic carbocycles. The predicted octanol–water partition coefficient (Wildman–Crippen LogP) is 1.46. The smallest absolute Gasteiger partial charge is 0.00683 e. The van der Waals surface area contributed by atoms with Gasteiger partial charge in [0, 0.05) is 6.04 Å². The van der Waals surface area contributed by atoms with Crippen LogP contribution in [0, 0.1) is 11.8 Å². The molecule has 14 heavy (non-hydrogen) atoms. The van der Waals surface area contributed by atoms with Crippen LogP contribution in [0.15, 0.2) is 0 Å². The highest BCUT2D eigenvalue weighted by molar-refractivity contribution is 7.99. The summed E-state index contributed by atoms with van der Waals surface area (Å²) in [4.78, 5) is 0. The standard InChI is InChI=1S/C11H22N2S/c12-7-10(8-13-11-1-2-11)9-3-5-14-6-4-9/h9-11,13H,1-8,12H2. The van der Waals surface area contributed by atoms with Crippen LogP contribution < -0.4 is 11.1 Å². The van der Waals surface area contributed by atoms with Crippen molar-refractivity contribution in [3.63, 3.8) is 0 Å². The zero-order valence-electron chi connectivity index (χ0n) is 8.87. The third-order valence-electron chi connectivity index (χ3n) is 3.48. The molecule has 1 unspecified atom stereocenters. The Bertz CT molecular complexity index is 165. The molecule has 1 aliphatic heterocycles. The van der Waals surface area contributed by atoms with E-state index in [1.54, 1.807) is 0 Å². The van der Waals surface area contributed by atoms with E-state index >= 15 is 0 Å². The van der Waals surface area contributed by atoms with Crippen molar-refractivity contribution in [3.8, 4) is 0 Å². The molecule has 1 saturated carbocycles. The summed E-state index contributed by atoms with van der Waals surface area (Å²) >= 11 is 2.10. The van der Waals surface area contributed by atoms with Crippen molar-refractivity contribution in [2.75, 3.05) is 24.6 Å². The monoisotopic (exact) mass is 214 g/mol. The fourth-order valence-corrected chi connectivity index (χ4v) is 3.38. The molecule has 0 spiro atoms. The van der Waals surface area contributed by atoms with Gasteiger partial charge in [0.05, 0.1) is 0 Å².